The third-order valence-corrected chi connectivity index (χ3v) is 3.81. The smallest absolute Gasteiger partial charge is 0.0924 e. The van der Waals surface area contributed by atoms with Gasteiger partial charge in [0.05, 0.1) is 5.01 Å². The molecule has 0 atom stereocenters. The van der Waals surface area contributed by atoms with Gasteiger partial charge in [0.1, 0.15) is 0 Å². The molecule has 13 heavy (non-hydrogen) atoms. The molecule has 0 amide bonds. The Balaban J connectivity index is 1.72. The van der Waals surface area contributed by atoms with E-state index in [0.717, 1.165) is 5.92 Å². The average Bonchev–Trinajstić information content (AvgIpc) is 2.69. The van der Waals surface area contributed by atoms with Crippen LogP contribution in [0.5, 0.6) is 0 Å². The maximum Gasteiger partial charge on any atom is 0.0924 e. The summed E-state index contributed by atoms with van der Waals surface area (Å²) in [6, 6.07) is 0. The highest BCUT2D eigenvalue weighted by molar-refractivity contribution is 7.09. The quantitative estimate of drug-likeness (QED) is 0.717. The molecule has 1 nitrogen and oxygen atoms in total. The number of aryl methyl sites for hydroxylation is 1. The van der Waals surface area contributed by atoms with E-state index in [4.69, 9.17) is 0 Å². The Morgan fingerprint density at radius 1 is 1.31 bits per heavy atom. The highest BCUT2D eigenvalue weighted by Crippen LogP contribution is 2.27. The minimum atomic E-state index is 0.998. The third-order valence-electron chi connectivity index (χ3n) is 2.97. The molecular formula is C11H17NS. The lowest BCUT2D eigenvalue weighted by molar-refractivity contribution is 0.339. The average molecular weight is 195 g/mol. The number of hydrogen-bond donors (Lipinski definition) is 0. The van der Waals surface area contributed by atoms with Crippen molar-refractivity contribution in [2.45, 2.75) is 44.9 Å². The largest absolute Gasteiger partial charge is 0.250 e. The molecule has 0 aliphatic heterocycles. The molecule has 72 valence electrons. The molecule has 1 heterocycles. The summed E-state index contributed by atoms with van der Waals surface area (Å²) in [5, 5.41) is 3.40. The lowest BCUT2D eigenvalue weighted by Crippen LogP contribution is -2.07. The van der Waals surface area contributed by atoms with Crippen molar-refractivity contribution in [1.82, 2.24) is 4.98 Å². The van der Waals surface area contributed by atoms with Crippen LogP contribution in [0.3, 0.4) is 0 Å². The first-order valence-corrected chi connectivity index (χ1v) is 6.21. The van der Waals surface area contributed by atoms with E-state index in [-0.39, 0.29) is 0 Å². The van der Waals surface area contributed by atoms with Crippen molar-refractivity contribution in [2.75, 3.05) is 0 Å². The van der Waals surface area contributed by atoms with E-state index in [1.54, 1.807) is 11.3 Å². The van der Waals surface area contributed by atoms with E-state index in [9.17, 15) is 0 Å². The number of aromatic nitrogens is 1. The zero-order valence-electron chi connectivity index (χ0n) is 8.04. The van der Waals surface area contributed by atoms with Crippen molar-refractivity contribution in [2.24, 2.45) is 5.92 Å². The first-order valence-electron chi connectivity index (χ1n) is 5.33. The summed E-state index contributed by atoms with van der Waals surface area (Å²) in [5.41, 5.74) is 0. The molecule has 2 heteroatoms. The van der Waals surface area contributed by atoms with Gasteiger partial charge in [-0.15, -0.1) is 11.3 Å². The van der Waals surface area contributed by atoms with Crippen molar-refractivity contribution < 1.29 is 0 Å². The van der Waals surface area contributed by atoms with Crippen molar-refractivity contribution >= 4 is 11.3 Å². The second-order valence-corrected chi connectivity index (χ2v) is 4.95. The van der Waals surface area contributed by atoms with Gasteiger partial charge in [-0.05, 0) is 18.8 Å². The summed E-state index contributed by atoms with van der Waals surface area (Å²) in [6.45, 7) is 0. The molecule has 0 radical (unpaired) electrons. The summed E-state index contributed by atoms with van der Waals surface area (Å²) in [7, 11) is 0. The van der Waals surface area contributed by atoms with E-state index < -0.39 is 0 Å². The molecule has 0 N–H and O–H groups in total. The standard InChI is InChI=1S/C11H17NS/c1-2-4-10(5-3-1)6-7-11-12-8-9-13-11/h8-10H,1-7H2. The van der Waals surface area contributed by atoms with Gasteiger partial charge in [-0.25, -0.2) is 4.98 Å². The molecule has 0 saturated heterocycles. The predicted octanol–water partition coefficient (Wildman–Crippen LogP) is 3.66. The van der Waals surface area contributed by atoms with Crippen LogP contribution < -0.4 is 0 Å². The highest BCUT2D eigenvalue weighted by atomic mass is 32.1. The maximum absolute atomic E-state index is 4.32. The van der Waals surface area contributed by atoms with Gasteiger partial charge < -0.3 is 0 Å². The Bertz CT molecular complexity index is 224. The van der Waals surface area contributed by atoms with Crippen molar-refractivity contribution in [1.29, 1.82) is 0 Å². The maximum atomic E-state index is 4.32. The van der Waals surface area contributed by atoms with Gasteiger partial charge in [-0.1, -0.05) is 32.1 Å². The summed E-state index contributed by atoms with van der Waals surface area (Å²) in [4.78, 5) is 4.32. The summed E-state index contributed by atoms with van der Waals surface area (Å²) < 4.78 is 0. The highest BCUT2D eigenvalue weighted by Gasteiger charge is 2.13. The number of rotatable bonds is 3. The molecule has 1 aromatic heterocycles. The van der Waals surface area contributed by atoms with Crippen LogP contribution in [0.1, 0.15) is 43.5 Å². The fourth-order valence-corrected chi connectivity index (χ4v) is 2.82. The van der Waals surface area contributed by atoms with Crippen LogP contribution in [0, 0.1) is 5.92 Å². The molecule has 0 spiro atoms. The number of thiazole rings is 1. The Kier molecular flexibility index (Phi) is 3.36. The van der Waals surface area contributed by atoms with Crippen LogP contribution in [0.15, 0.2) is 11.6 Å². The minimum absolute atomic E-state index is 0.998. The molecule has 1 saturated carbocycles. The molecule has 1 aliphatic rings. The van der Waals surface area contributed by atoms with Crippen LogP contribution in [0.25, 0.3) is 0 Å². The monoisotopic (exact) mass is 195 g/mol. The van der Waals surface area contributed by atoms with Crippen molar-refractivity contribution in [3.63, 3.8) is 0 Å². The van der Waals surface area contributed by atoms with E-state index in [2.05, 4.69) is 10.4 Å². The van der Waals surface area contributed by atoms with Crippen LogP contribution in [0.4, 0.5) is 0 Å². The Morgan fingerprint density at radius 2 is 2.15 bits per heavy atom. The molecule has 1 aromatic rings. The summed E-state index contributed by atoms with van der Waals surface area (Å²) >= 11 is 1.80. The van der Waals surface area contributed by atoms with Gasteiger partial charge in [0.15, 0.2) is 0 Å². The van der Waals surface area contributed by atoms with E-state index in [1.807, 2.05) is 6.20 Å². The molecule has 1 aliphatic carbocycles. The molecule has 1 fully saturated rings. The first-order chi connectivity index (χ1) is 6.45. The van der Waals surface area contributed by atoms with Crippen molar-refractivity contribution in [3.05, 3.63) is 16.6 Å². The molecule has 2 rings (SSSR count). The Morgan fingerprint density at radius 3 is 2.85 bits per heavy atom. The molecular weight excluding hydrogens is 178 g/mol. The van der Waals surface area contributed by atoms with Gasteiger partial charge >= 0.3 is 0 Å². The second kappa shape index (κ2) is 4.75. The van der Waals surface area contributed by atoms with E-state index >= 15 is 0 Å². The Hall–Kier alpha value is -0.370. The minimum Gasteiger partial charge on any atom is -0.250 e. The van der Waals surface area contributed by atoms with Crippen LogP contribution in [-0.4, -0.2) is 4.98 Å². The topological polar surface area (TPSA) is 12.9 Å². The van der Waals surface area contributed by atoms with Gasteiger partial charge in [-0.2, -0.15) is 0 Å². The lowest BCUT2D eigenvalue weighted by atomic mass is 9.86. The van der Waals surface area contributed by atoms with Gasteiger partial charge in [0, 0.05) is 11.6 Å². The normalized spacial score (nSPS) is 19.1. The fraction of sp³-hybridized carbons (Fsp3) is 0.727. The number of nitrogens with zero attached hydrogens (tertiary/aromatic N) is 1. The van der Waals surface area contributed by atoms with E-state index in [0.29, 0.717) is 0 Å². The van der Waals surface area contributed by atoms with Crippen LogP contribution in [0.2, 0.25) is 0 Å². The third kappa shape index (κ3) is 2.80. The second-order valence-electron chi connectivity index (χ2n) is 3.97. The van der Waals surface area contributed by atoms with Gasteiger partial charge in [0.2, 0.25) is 0 Å². The van der Waals surface area contributed by atoms with Crippen molar-refractivity contribution in [3.8, 4) is 0 Å². The van der Waals surface area contributed by atoms with Crippen LogP contribution >= 0.6 is 11.3 Å². The molecule has 0 unspecified atom stereocenters. The predicted molar refractivity (Wildman–Crippen MR) is 57.0 cm³/mol. The summed E-state index contributed by atoms with van der Waals surface area (Å²) in [5.74, 6) is 0.998. The van der Waals surface area contributed by atoms with Gasteiger partial charge in [-0.3, -0.25) is 0 Å². The summed E-state index contributed by atoms with van der Waals surface area (Å²) in [6.07, 6.45) is 11.8. The number of hydrogen-bond acceptors (Lipinski definition) is 2. The lowest BCUT2D eigenvalue weighted by Gasteiger charge is -2.20. The molecule has 0 bridgehead atoms. The van der Waals surface area contributed by atoms with Gasteiger partial charge in [0.25, 0.3) is 0 Å². The first kappa shape index (κ1) is 9.20. The fourth-order valence-electron chi connectivity index (χ4n) is 2.18. The Labute approximate surface area is 84.2 Å². The molecule has 0 aromatic carbocycles. The zero-order valence-corrected chi connectivity index (χ0v) is 8.85. The van der Waals surface area contributed by atoms with Crippen LogP contribution in [-0.2, 0) is 6.42 Å². The van der Waals surface area contributed by atoms with E-state index in [1.165, 1.54) is 50.0 Å². The zero-order chi connectivity index (χ0) is 8.93. The SMILES string of the molecule is c1csc(CCC2CCCCC2)n1.